The zero-order valence-electron chi connectivity index (χ0n) is 32.4. The third-order valence-electron chi connectivity index (χ3n) is 13.6. The molecule has 0 amide bonds. The van der Waals surface area contributed by atoms with Gasteiger partial charge in [-0.2, -0.15) is 0 Å². The summed E-state index contributed by atoms with van der Waals surface area (Å²) in [4.78, 5) is 12.0. The van der Waals surface area contributed by atoms with Crippen LogP contribution < -0.4 is 0 Å². The van der Waals surface area contributed by atoms with Gasteiger partial charge in [0, 0.05) is 44.3 Å². The molecule has 0 aliphatic carbocycles. The van der Waals surface area contributed by atoms with Crippen LogP contribution in [0.5, 0.6) is 0 Å². The second-order valence-electron chi connectivity index (χ2n) is 17.1. The average Bonchev–Trinajstić information content (AvgIpc) is 3.79. The lowest BCUT2D eigenvalue weighted by atomic mass is 9.78. The minimum Gasteiger partial charge on any atom is -0.481 e. The number of aliphatic carboxylic acids is 1. The molecule has 290 valence electrons. The SMILES string of the molecule is CCCO[C@H]1C[C@]2(CC[C@@](C)([C@H]3CC[C@@](CC)([C@@H]4O[C@@H]([C@H]5O[C@@](O)(CO)[C@H](C)C[C@@H]5C)C[C@@H]4C)O3)O2)O[C@H]([C@@H](C)[C@@H](OC)[C@H](C)C(=O)O)[C@@H]1C. The molecule has 0 aromatic carbocycles. The van der Waals surface area contributed by atoms with E-state index >= 15 is 0 Å². The molecule has 0 aromatic heterocycles. The highest BCUT2D eigenvalue weighted by Gasteiger charge is 2.62. The Balaban J connectivity index is 1.32. The van der Waals surface area contributed by atoms with Crippen LogP contribution in [0.4, 0.5) is 0 Å². The van der Waals surface area contributed by atoms with Crippen molar-refractivity contribution in [2.24, 2.45) is 35.5 Å². The van der Waals surface area contributed by atoms with Gasteiger partial charge in [-0.1, -0.05) is 48.5 Å². The Morgan fingerprint density at radius 1 is 1.00 bits per heavy atom. The molecule has 11 nitrogen and oxygen atoms in total. The van der Waals surface area contributed by atoms with E-state index in [4.69, 9.17) is 33.2 Å². The van der Waals surface area contributed by atoms with Gasteiger partial charge in [0.1, 0.15) is 0 Å². The molecular weight excluding hydrogens is 644 g/mol. The minimum atomic E-state index is -1.56. The fourth-order valence-corrected chi connectivity index (χ4v) is 10.4. The summed E-state index contributed by atoms with van der Waals surface area (Å²) in [6.45, 7) is 18.8. The predicted molar refractivity (Wildman–Crippen MR) is 186 cm³/mol. The molecule has 0 saturated carbocycles. The first kappa shape index (κ1) is 40.3. The average molecular weight is 713 g/mol. The first-order valence-corrected chi connectivity index (χ1v) is 19.6. The molecule has 5 aliphatic heterocycles. The number of hydrogen-bond acceptors (Lipinski definition) is 10. The highest BCUT2D eigenvalue weighted by Crippen LogP contribution is 2.55. The summed E-state index contributed by atoms with van der Waals surface area (Å²) in [5.74, 6) is -3.96. The lowest BCUT2D eigenvalue weighted by Crippen LogP contribution is -2.57. The topological polar surface area (TPSA) is 142 Å². The molecular formula is C39H68O11. The van der Waals surface area contributed by atoms with Crippen LogP contribution in [0.2, 0.25) is 0 Å². The number of aliphatic hydroxyl groups excluding tert-OH is 1. The Kier molecular flexibility index (Phi) is 12.5. The quantitative estimate of drug-likeness (QED) is 0.216. The van der Waals surface area contributed by atoms with Gasteiger partial charge in [-0.15, -0.1) is 0 Å². The molecule has 17 atom stereocenters. The van der Waals surface area contributed by atoms with Gasteiger partial charge in [-0.25, -0.2) is 0 Å². The number of methoxy groups -OCH3 is 1. The lowest BCUT2D eigenvalue weighted by molar-refractivity contribution is -0.339. The molecule has 5 saturated heterocycles. The van der Waals surface area contributed by atoms with Crippen LogP contribution >= 0.6 is 0 Å². The first-order valence-electron chi connectivity index (χ1n) is 19.6. The Labute approximate surface area is 300 Å². The van der Waals surface area contributed by atoms with Crippen molar-refractivity contribution < 1.29 is 53.3 Å². The second kappa shape index (κ2) is 15.5. The van der Waals surface area contributed by atoms with E-state index in [2.05, 4.69) is 41.5 Å². The van der Waals surface area contributed by atoms with Gasteiger partial charge in [-0.3, -0.25) is 4.79 Å². The lowest BCUT2D eigenvalue weighted by Gasteiger charge is -2.50. The maximum Gasteiger partial charge on any atom is 0.308 e. The van der Waals surface area contributed by atoms with Crippen LogP contribution in [0, 0.1) is 35.5 Å². The second-order valence-corrected chi connectivity index (χ2v) is 17.1. The number of hydrogen-bond donors (Lipinski definition) is 3. The fourth-order valence-electron chi connectivity index (χ4n) is 10.4. The summed E-state index contributed by atoms with van der Waals surface area (Å²) in [6, 6.07) is 0. The molecule has 3 N–H and O–H groups in total. The first-order chi connectivity index (χ1) is 23.5. The zero-order valence-corrected chi connectivity index (χ0v) is 32.4. The van der Waals surface area contributed by atoms with Gasteiger partial charge in [-0.05, 0) is 70.6 Å². The van der Waals surface area contributed by atoms with Crippen LogP contribution in [0.25, 0.3) is 0 Å². The molecule has 0 aromatic rings. The van der Waals surface area contributed by atoms with Crippen molar-refractivity contribution in [2.45, 2.75) is 186 Å². The molecule has 0 unspecified atom stereocenters. The van der Waals surface area contributed by atoms with Gasteiger partial charge >= 0.3 is 5.97 Å². The van der Waals surface area contributed by atoms with E-state index in [0.717, 1.165) is 44.9 Å². The van der Waals surface area contributed by atoms with E-state index in [1.54, 1.807) is 14.0 Å². The standard InChI is InChI=1S/C39H68O11/c1-11-17-45-29-20-38(48-33(25(29)6)26(7)32(44-10)27(8)35(41)42)16-15-36(9,50-38)30-13-14-37(12-2,47-30)34-23(4)19-28(46-34)31-22(3)18-24(5)39(43,21-40)49-31/h22-34,40,43H,11-21H2,1-10H3,(H,41,42)/t22-,23-,24+,25+,26-,27-,28+,29-,30+,31-,32+,33-,34+,36-,37-,38+,39-/m0/s1. The molecule has 50 heavy (non-hydrogen) atoms. The summed E-state index contributed by atoms with van der Waals surface area (Å²) in [7, 11) is 1.57. The van der Waals surface area contributed by atoms with Crippen molar-refractivity contribution in [3.63, 3.8) is 0 Å². The van der Waals surface area contributed by atoms with Gasteiger partial charge in [0.25, 0.3) is 0 Å². The Morgan fingerprint density at radius 3 is 2.34 bits per heavy atom. The summed E-state index contributed by atoms with van der Waals surface area (Å²) >= 11 is 0. The monoisotopic (exact) mass is 712 g/mol. The zero-order chi connectivity index (χ0) is 36.8. The summed E-state index contributed by atoms with van der Waals surface area (Å²) < 4.78 is 46.6. The van der Waals surface area contributed by atoms with Crippen LogP contribution in [0.15, 0.2) is 0 Å². The summed E-state index contributed by atoms with van der Waals surface area (Å²) in [6.07, 6.45) is 5.26. The van der Waals surface area contributed by atoms with Crippen LogP contribution in [-0.4, -0.2) is 107 Å². The number of rotatable bonds is 13. The largest absolute Gasteiger partial charge is 0.481 e. The van der Waals surface area contributed by atoms with Crippen LogP contribution in [0.3, 0.4) is 0 Å². The molecule has 11 heteroatoms. The van der Waals surface area contributed by atoms with Gasteiger partial charge < -0.3 is 48.5 Å². The highest BCUT2D eigenvalue weighted by molar-refractivity contribution is 5.70. The van der Waals surface area contributed by atoms with Gasteiger partial charge in [0.2, 0.25) is 0 Å². The van der Waals surface area contributed by atoms with E-state index in [1.807, 2.05) is 13.8 Å². The fraction of sp³-hybridized carbons (Fsp3) is 0.974. The van der Waals surface area contributed by atoms with Crippen molar-refractivity contribution in [1.82, 2.24) is 0 Å². The normalized spacial score (nSPS) is 48.6. The molecule has 1 spiro atoms. The van der Waals surface area contributed by atoms with Gasteiger partial charge in [0.05, 0.1) is 66.5 Å². The molecule has 0 radical (unpaired) electrons. The molecule has 0 bridgehead atoms. The Bertz CT molecular complexity index is 1160. The van der Waals surface area contributed by atoms with E-state index in [1.165, 1.54) is 0 Å². The molecule has 5 rings (SSSR count). The van der Waals surface area contributed by atoms with E-state index in [0.29, 0.717) is 19.4 Å². The third kappa shape index (κ3) is 7.43. The number of carbonyl (C=O) groups is 1. The number of carboxylic acids is 1. The van der Waals surface area contributed by atoms with Crippen molar-refractivity contribution in [1.29, 1.82) is 0 Å². The van der Waals surface area contributed by atoms with Crippen molar-refractivity contribution >= 4 is 5.97 Å². The number of aliphatic hydroxyl groups is 2. The van der Waals surface area contributed by atoms with Crippen LogP contribution in [-0.2, 0) is 38.0 Å². The maximum atomic E-state index is 12.0. The maximum absolute atomic E-state index is 12.0. The van der Waals surface area contributed by atoms with Crippen LogP contribution in [0.1, 0.15) is 120 Å². The predicted octanol–water partition coefficient (Wildman–Crippen LogP) is 5.71. The van der Waals surface area contributed by atoms with Crippen molar-refractivity contribution in [2.75, 3.05) is 20.3 Å². The number of ether oxygens (including phenoxy) is 7. The van der Waals surface area contributed by atoms with Crippen molar-refractivity contribution in [3.05, 3.63) is 0 Å². The molecule has 5 fully saturated rings. The third-order valence-corrected chi connectivity index (χ3v) is 13.6. The summed E-state index contributed by atoms with van der Waals surface area (Å²) in [5.41, 5.74) is -1.07. The Morgan fingerprint density at radius 2 is 1.72 bits per heavy atom. The molecule has 5 aliphatic rings. The van der Waals surface area contributed by atoms with Crippen molar-refractivity contribution in [3.8, 4) is 0 Å². The number of carboxylic acid groups (broad SMARTS) is 1. The van der Waals surface area contributed by atoms with E-state index < -0.39 is 47.4 Å². The minimum absolute atomic E-state index is 0.0214. The smallest absolute Gasteiger partial charge is 0.308 e. The Hall–Kier alpha value is -0.890. The van der Waals surface area contributed by atoms with Gasteiger partial charge in [0.15, 0.2) is 11.6 Å². The van der Waals surface area contributed by atoms with E-state index in [-0.39, 0.29) is 66.2 Å². The van der Waals surface area contributed by atoms with E-state index in [9.17, 15) is 20.1 Å². The molecule has 5 heterocycles. The highest BCUT2D eigenvalue weighted by atomic mass is 16.7. The summed E-state index contributed by atoms with van der Waals surface area (Å²) in [5, 5.41) is 30.8.